The van der Waals surface area contributed by atoms with Gasteiger partial charge in [0.2, 0.25) is 5.91 Å². The Hall–Kier alpha value is -3.39. The van der Waals surface area contributed by atoms with Gasteiger partial charge in [0.05, 0.1) is 18.8 Å². The summed E-state index contributed by atoms with van der Waals surface area (Å²) >= 11 is 6.27. The maximum absolute atomic E-state index is 12.5. The fourth-order valence-corrected chi connectivity index (χ4v) is 4.97. The SMILES string of the molecule is C[C@@]1(NC(=O)CCO)C[C@@H](c2cccc(Cl)c2)O[C@@H](c2cc(-c3ccccc3)ccc2OCC(=O)O)C1. The van der Waals surface area contributed by atoms with Crippen molar-refractivity contribution in [2.45, 2.75) is 43.9 Å². The topological polar surface area (TPSA) is 105 Å². The third kappa shape index (κ3) is 6.89. The summed E-state index contributed by atoms with van der Waals surface area (Å²) in [6, 6.07) is 22.8. The Morgan fingerprint density at radius 3 is 2.49 bits per heavy atom. The zero-order valence-corrected chi connectivity index (χ0v) is 21.3. The maximum Gasteiger partial charge on any atom is 0.341 e. The van der Waals surface area contributed by atoms with E-state index in [0.717, 1.165) is 16.7 Å². The van der Waals surface area contributed by atoms with Crippen LogP contribution in [0.5, 0.6) is 5.75 Å². The van der Waals surface area contributed by atoms with E-state index in [1.54, 1.807) is 12.1 Å². The van der Waals surface area contributed by atoms with Gasteiger partial charge in [-0.2, -0.15) is 0 Å². The van der Waals surface area contributed by atoms with E-state index in [2.05, 4.69) is 5.32 Å². The number of carbonyl (C=O) groups excluding carboxylic acids is 1. The van der Waals surface area contributed by atoms with E-state index < -0.39 is 30.3 Å². The van der Waals surface area contributed by atoms with E-state index in [4.69, 9.17) is 21.1 Å². The first kappa shape index (κ1) is 26.7. The van der Waals surface area contributed by atoms with Crippen molar-refractivity contribution >= 4 is 23.5 Å². The third-order valence-corrected chi connectivity index (χ3v) is 6.65. The van der Waals surface area contributed by atoms with Gasteiger partial charge in [-0.3, -0.25) is 4.79 Å². The lowest BCUT2D eigenvalue weighted by Crippen LogP contribution is -2.51. The molecule has 3 aromatic rings. The number of hydrogen-bond acceptors (Lipinski definition) is 5. The summed E-state index contributed by atoms with van der Waals surface area (Å²) in [5, 5.41) is 22.1. The van der Waals surface area contributed by atoms with E-state index in [0.29, 0.717) is 29.2 Å². The minimum atomic E-state index is -1.08. The van der Waals surface area contributed by atoms with Gasteiger partial charge in [-0.1, -0.05) is 60.1 Å². The number of carboxylic acids is 1. The van der Waals surface area contributed by atoms with Crippen LogP contribution in [0.4, 0.5) is 0 Å². The highest BCUT2D eigenvalue weighted by atomic mass is 35.5. The van der Waals surface area contributed by atoms with Gasteiger partial charge in [0.1, 0.15) is 5.75 Å². The zero-order valence-electron chi connectivity index (χ0n) is 20.5. The zero-order chi connectivity index (χ0) is 26.4. The molecule has 1 aliphatic rings. The lowest BCUT2D eigenvalue weighted by Gasteiger charge is -2.43. The van der Waals surface area contributed by atoms with E-state index in [9.17, 15) is 19.8 Å². The van der Waals surface area contributed by atoms with Gasteiger partial charge in [0.25, 0.3) is 0 Å². The molecule has 1 heterocycles. The Kier molecular flexibility index (Phi) is 8.48. The molecule has 0 saturated carbocycles. The van der Waals surface area contributed by atoms with Crippen molar-refractivity contribution in [3.05, 3.63) is 88.9 Å². The molecule has 1 aliphatic heterocycles. The van der Waals surface area contributed by atoms with Crippen LogP contribution in [-0.4, -0.2) is 40.8 Å². The van der Waals surface area contributed by atoms with E-state index >= 15 is 0 Å². The summed E-state index contributed by atoms with van der Waals surface area (Å²) in [6.45, 7) is 1.21. The molecule has 0 bridgehead atoms. The molecule has 8 heteroatoms. The maximum atomic E-state index is 12.5. The van der Waals surface area contributed by atoms with Gasteiger partial charge >= 0.3 is 5.97 Å². The number of carbonyl (C=O) groups is 2. The summed E-state index contributed by atoms with van der Waals surface area (Å²) in [6.07, 6.45) is -0.0123. The van der Waals surface area contributed by atoms with Crippen molar-refractivity contribution in [2.24, 2.45) is 0 Å². The van der Waals surface area contributed by atoms with Crippen LogP contribution in [0.2, 0.25) is 5.02 Å². The second-order valence-corrected chi connectivity index (χ2v) is 9.90. The fourth-order valence-electron chi connectivity index (χ4n) is 4.77. The second kappa shape index (κ2) is 11.8. The number of aliphatic hydroxyl groups excluding tert-OH is 1. The molecule has 37 heavy (non-hydrogen) atoms. The molecule has 1 fully saturated rings. The molecule has 0 unspecified atom stereocenters. The van der Waals surface area contributed by atoms with Gasteiger partial charge in [-0.05, 0) is 47.9 Å². The Bertz CT molecular complexity index is 1250. The van der Waals surface area contributed by atoms with Crippen molar-refractivity contribution in [1.82, 2.24) is 5.32 Å². The summed E-state index contributed by atoms with van der Waals surface area (Å²) in [7, 11) is 0. The van der Waals surface area contributed by atoms with Crippen LogP contribution >= 0.6 is 11.6 Å². The molecule has 1 saturated heterocycles. The number of benzene rings is 3. The molecule has 0 aliphatic carbocycles. The molecule has 1 amide bonds. The minimum Gasteiger partial charge on any atom is -0.482 e. The first-order valence-electron chi connectivity index (χ1n) is 12.1. The monoisotopic (exact) mass is 523 g/mol. The van der Waals surface area contributed by atoms with Crippen LogP contribution in [0.15, 0.2) is 72.8 Å². The average molecular weight is 524 g/mol. The van der Waals surface area contributed by atoms with Crippen LogP contribution in [0.25, 0.3) is 11.1 Å². The normalized spacial score (nSPS) is 21.3. The second-order valence-electron chi connectivity index (χ2n) is 9.46. The number of ether oxygens (including phenoxy) is 2. The number of carboxylic acid groups (broad SMARTS) is 1. The number of aliphatic hydroxyl groups is 1. The largest absolute Gasteiger partial charge is 0.482 e. The highest BCUT2D eigenvalue weighted by Crippen LogP contribution is 2.46. The summed E-state index contributed by atoms with van der Waals surface area (Å²) in [4.78, 5) is 23.8. The number of hydrogen-bond donors (Lipinski definition) is 3. The first-order valence-corrected chi connectivity index (χ1v) is 12.5. The minimum absolute atomic E-state index is 0.000585. The number of nitrogens with one attached hydrogen (secondary N) is 1. The Labute approximate surface area is 221 Å². The first-order chi connectivity index (χ1) is 17.8. The summed E-state index contributed by atoms with van der Waals surface area (Å²) < 4.78 is 12.3. The molecular weight excluding hydrogens is 494 g/mol. The molecule has 194 valence electrons. The van der Waals surface area contributed by atoms with E-state index in [1.165, 1.54) is 0 Å². The predicted molar refractivity (Wildman–Crippen MR) is 141 cm³/mol. The average Bonchev–Trinajstić information content (AvgIpc) is 2.87. The predicted octanol–water partition coefficient (Wildman–Crippen LogP) is 5.32. The molecular formula is C29H30ClNO6. The van der Waals surface area contributed by atoms with Gasteiger partial charge in [0.15, 0.2) is 6.61 Å². The summed E-state index contributed by atoms with van der Waals surface area (Å²) in [5.41, 5.74) is 2.81. The van der Waals surface area contributed by atoms with Crippen molar-refractivity contribution < 1.29 is 29.3 Å². The molecule has 0 spiro atoms. The number of halogens is 1. The third-order valence-electron chi connectivity index (χ3n) is 6.42. The van der Waals surface area contributed by atoms with Gasteiger partial charge in [0, 0.05) is 35.4 Å². The van der Waals surface area contributed by atoms with Crippen molar-refractivity contribution in [3.63, 3.8) is 0 Å². The molecule has 0 radical (unpaired) electrons. The number of rotatable bonds is 9. The standard InChI is InChI=1S/C29H30ClNO6/c1-29(31-27(33)12-13-32)16-25(21-8-5-9-22(30)14-21)37-26(17-29)23-15-20(19-6-3-2-4-7-19)10-11-24(23)36-18-28(34)35/h2-11,14-15,25-26,32H,12-13,16-18H2,1H3,(H,31,33)(H,34,35)/t25-,26+,29+/m0/s1. The highest BCUT2D eigenvalue weighted by Gasteiger charge is 2.41. The summed E-state index contributed by atoms with van der Waals surface area (Å²) in [5.74, 6) is -0.931. The molecule has 3 N–H and O–H groups in total. The van der Waals surface area contributed by atoms with E-state index in [-0.39, 0.29) is 18.9 Å². The molecule has 4 rings (SSSR count). The van der Waals surface area contributed by atoms with Crippen molar-refractivity contribution in [3.8, 4) is 16.9 Å². The molecule has 3 atom stereocenters. The van der Waals surface area contributed by atoms with Crippen molar-refractivity contribution in [1.29, 1.82) is 0 Å². The molecule has 0 aromatic heterocycles. The van der Waals surface area contributed by atoms with Gasteiger partial charge < -0.3 is 25.0 Å². The number of aliphatic carboxylic acids is 1. The lowest BCUT2D eigenvalue weighted by molar-refractivity contribution is -0.139. The lowest BCUT2D eigenvalue weighted by atomic mass is 9.80. The number of amides is 1. The van der Waals surface area contributed by atoms with Crippen LogP contribution in [0, 0.1) is 0 Å². The Morgan fingerprint density at radius 1 is 1.03 bits per heavy atom. The van der Waals surface area contributed by atoms with E-state index in [1.807, 2.05) is 67.6 Å². The smallest absolute Gasteiger partial charge is 0.341 e. The molecule has 3 aromatic carbocycles. The van der Waals surface area contributed by atoms with Crippen molar-refractivity contribution in [2.75, 3.05) is 13.2 Å². The van der Waals surface area contributed by atoms with Crippen LogP contribution in [0.1, 0.15) is 49.5 Å². The van der Waals surface area contributed by atoms with Crippen LogP contribution in [-0.2, 0) is 14.3 Å². The van der Waals surface area contributed by atoms with Crippen LogP contribution in [0.3, 0.4) is 0 Å². The fraction of sp³-hybridized carbons (Fsp3) is 0.310. The Morgan fingerprint density at radius 2 is 1.78 bits per heavy atom. The highest BCUT2D eigenvalue weighted by molar-refractivity contribution is 6.30. The molecule has 7 nitrogen and oxygen atoms in total. The van der Waals surface area contributed by atoms with Gasteiger partial charge in [-0.25, -0.2) is 4.79 Å². The quantitative estimate of drug-likeness (QED) is 0.350. The Balaban J connectivity index is 1.76. The van der Waals surface area contributed by atoms with Gasteiger partial charge in [-0.15, -0.1) is 0 Å². The van der Waals surface area contributed by atoms with Crippen LogP contribution < -0.4 is 10.1 Å².